The lowest BCUT2D eigenvalue weighted by molar-refractivity contribution is 0.0696. The van der Waals surface area contributed by atoms with Crippen molar-refractivity contribution in [1.29, 1.82) is 0 Å². The second-order valence-electron chi connectivity index (χ2n) is 7.90. The highest BCUT2D eigenvalue weighted by atomic mass is 35.5. The first-order valence-electron chi connectivity index (χ1n) is 10.0. The summed E-state index contributed by atoms with van der Waals surface area (Å²) in [5.74, 6) is -1.62. The second-order valence-corrected chi connectivity index (χ2v) is 8.31. The molecule has 2 aromatic carbocycles. The van der Waals surface area contributed by atoms with Gasteiger partial charge in [0.05, 0.1) is 11.1 Å². The van der Waals surface area contributed by atoms with Crippen molar-refractivity contribution in [3.63, 3.8) is 0 Å². The van der Waals surface area contributed by atoms with Crippen LogP contribution in [0.15, 0.2) is 30.3 Å². The van der Waals surface area contributed by atoms with Gasteiger partial charge in [0.15, 0.2) is 5.78 Å². The van der Waals surface area contributed by atoms with Crippen molar-refractivity contribution in [3.8, 4) is 0 Å². The molecule has 3 aromatic rings. The molecule has 0 saturated carbocycles. The zero-order valence-corrected chi connectivity index (χ0v) is 18.3. The Balaban J connectivity index is 2.38. The number of aromatic nitrogens is 1. The highest BCUT2D eigenvalue weighted by molar-refractivity contribution is 6.31. The predicted molar refractivity (Wildman–Crippen MR) is 117 cm³/mol. The Kier molecular flexibility index (Phi) is 6.32. The van der Waals surface area contributed by atoms with E-state index in [9.17, 15) is 19.1 Å². The summed E-state index contributed by atoms with van der Waals surface area (Å²) in [6, 6.07) is 7.44. The van der Waals surface area contributed by atoms with Crippen LogP contribution in [0.2, 0.25) is 5.02 Å². The number of hydrogen-bond acceptors (Lipinski definition) is 2. The number of carbonyl (C=O) groups is 2. The molecule has 0 unspecified atom stereocenters. The molecule has 0 radical (unpaired) electrons. The van der Waals surface area contributed by atoms with E-state index in [-0.39, 0.29) is 17.3 Å². The van der Waals surface area contributed by atoms with Crippen molar-refractivity contribution in [3.05, 3.63) is 69.1 Å². The predicted octanol–water partition coefficient (Wildman–Crippen LogP) is 6.28. The van der Waals surface area contributed by atoms with Crippen molar-refractivity contribution >= 4 is 34.3 Å². The molecule has 0 spiro atoms. The topological polar surface area (TPSA) is 59.3 Å². The quantitative estimate of drug-likeness (QED) is 0.449. The Bertz CT molecular complexity index is 1150. The van der Waals surface area contributed by atoms with E-state index in [0.29, 0.717) is 34.6 Å². The molecular weight excluding hydrogens is 405 g/mol. The fourth-order valence-electron chi connectivity index (χ4n) is 3.91. The van der Waals surface area contributed by atoms with Crippen molar-refractivity contribution in [2.75, 3.05) is 0 Å². The van der Waals surface area contributed by atoms with Gasteiger partial charge in [-0.25, -0.2) is 9.18 Å². The van der Waals surface area contributed by atoms with Crippen molar-refractivity contribution in [2.24, 2.45) is 5.92 Å². The average Bonchev–Trinajstić information content (AvgIpc) is 2.97. The maximum absolute atomic E-state index is 13.5. The summed E-state index contributed by atoms with van der Waals surface area (Å²) in [4.78, 5) is 24.9. The highest BCUT2D eigenvalue weighted by Gasteiger charge is 2.26. The maximum Gasteiger partial charge on any atom is 0.335 e. The standard InChI is InChI=1S/C24H25ClFNO3/c1-5-6-19-22(23(28)13(2)3)21-14(4)9-16(24(29)30)10-20(21)27(19)12-15-7-8-17(26)11-18(15)25/h7-11,13H,5-6,12H2,1-4H3,(H,29,30). The number of Topliss-reactive ketones (excluding diaryl/α,β-unsaturated/α-hetero) is 1. The number of hydrogen-bond donors (Lipinski definition) is 1. The van der Waals surface area contributed by atoms with E-state index in [1.54, 1.807) is 18.2 Å². The van der Waals surface area contributed by atoms with Gasteiger partial charge in [-0.3, -0.25) is 4.79 Å². The van der Waals surface area contributed by atoms with E-state index in [0.717, 1.165) is 23.1 Å². The lowest BCUT2D eigenvalue weighted by atomic mass is 9.94. The third-order valence-corrected chi connectivity index (χ3v) is 5.67. The molecule has 1 N–H and O–H groups in total. The van der Waals surface area contributed by atoms with Gasteiger partial charge in [0.2, 0.25) is 0 Å². The van der Waals surface area contributed by atoms with Gasteiger partial charge in [-0.1, -0.05) is 44.9 Å². The Hall–Kier alpha value is -2.66. The van der Waals surface area contributed by atoms with Gasteiger partial charge in [0, 0.05) is 34.1 Å². The van der Waals surface area contributed by atoms with Gasteiger partial charge in [-0.15, -0.1) is 0 Å². The van der Waals surface area contributed by atoms with Crippen molar-refractivity contribution in [1.82, 2.24) is 4.57 Å². The molecule has 30 heavy (non-hydrogen) atoms. The van der Waals surface area contributed by atoms with Crippen LogP contribution in [0.1, 0.15) is 64.7 Å². The SMILES string of the molecule is CCCc1c(C(=O)C(C)C)c2c(C)cc(C(=O)O)cc2n1Cc1ccc(F)cc1Cl. The summed E-state index contributed by atoms with van der Waals surface area (Å²) in [5, 5.41) is 10.6. The molecule has 0 aliphatic heterocycles. The van der Waals surface area contributed by atoms with Crippen molar-refractivity contribution in [2.45, 2.75) is 47.1 Å². The van der Waals surface area contributed by atoms with Crippen LogP contribution in [0, 0.1) is 18.7 Å². The molecular formula is C24H25ClFNO3. The molecule has 3 rings (SSSR count). The summed E-state index contributed by atoms with van der Waals surface area (Å²) >= 11 is 6.28. The smallest absolute Gasteiger partial charge is 0.335 e. The van der Waals surface area contributed by atoms with Crippen LogP contribution >= 0.6 is 11.6 Å². The monoisotopic (exact) mass is 429 g/mol. The largest absolute Gasteiger partial charge is 0.478 e. The van der Waals surface area contributed by atoms with Gasteiger partial charge in [0.25, 0.3) is 0 Å². The molecule has 158 valence electrons. The van der Waals surface area contributed by atoms with E-state index in [4.69, 9.17) is 11.6 Å². The van der Waals surface area contributed by atoms with E-state index in [1.165, 1.54) is 12.1 Å². The molecule has 0 fully saturated rings. The van der Waals surface area contributed by atoms with Gasteiger partial charge in [-0.2, -0.15) is 0 Å². The number of aromatic carboxylic acids is 1. The molecule has 4 nitrogen and oxygen atoms in total. The van der Waals surface area contributed by atoms with Crippen LogP contribution in [0.25, 0.3) is 10.9 Å². The molecule has 0 saturated heterocycles. The summed E-state index contributed by atoms with van der Waals surface area (Å²) in [6.07, 6.45) is 1.47. The minimum atomic E-state index is -1.03. The zero-order chi connectivity index (χ0) is 22.2. The Morgan fingerprint density at radius 1 is 1.20 bits per heavy atom. The highest BCUT2D eigenvalue weighted by Crippen LogP contribution is 2.34. The normalized spacial score (nSPS) is 11.4. The number of fused-ring (bicyclic) bond motifs is 1. The molecule has 0 amide bonds. The fraction of sp³-hybridized carbons (Fsp3) is 0.333. The lowest BCUT2D eigenvalue weighted by Gasteiger charge is -2.14. The number of carboxylic acids is 1. The molecule has 1 aromatic heterocycles. The van der Waals surface area contributed by atoms with Crippen LogP contribution in [-0.4, -0.2) is 21.4 Å². The lowest BCUT2D eigenvalue weighted by Crippen LogP contribution is -2.12. The van der Waals surface area contributed by atoms with Gasteiger partial charge >= 0.3 is 5.97 Å². The van der Waals surface area contributed by atoms with E-state index in [1.807, 2.05) is 32.3 Å². The number of halogens is 2. The fourth-order valence-corrected chi connectivity index (χ4v) is 4.13. The van der Waals surface area contributed by atoms with Crippen LogP contribution in [-0.2, 0) is 13.0 Å². The molecule has 0 aliphatic carbocycles. The third-order valence-electron chi connectivity index (χ3n) is 5.32. The number of rotatable bonds is 7. The van der Waals surface area contributed by atoms with Gasteiger partial charge < -0.3 is 9.67 Å². The van der Waals surface area contributed by atoms with Crippen LogP contribution < -0.4 is 0 Å². The minimum absolute atomic E-state index is 0.0265. The molecule has 6 heteroatoms. The first-order chi connectivity index (χ1) is 14.1. The average molecular weight is 430 g/mol. The molecule has 0 aliphatic rings. The second kappa shape index (κ2) is 8.60. The van der Waals surface area contributed by atoms with Gasteiger partial charge in [0.1, 0.15) is 5.82 Å². The molecule has 0 bridgehead atoms. The summed E-state index contributed by atoms with van der Waals surface area (Å²) in [5.41, 5.74) is 3.80. The van der Waals surface area contributed by atoms with E-state index < -0.39 is 11.8 Å². The first-order valence-corrected chi connectivity index (χ1v) is 10.4. The number of nitrogens with zero attached hydrogens (tertiary/aromatic N) is 1. The Labute approximate surface area is 180 Å². The summed E-state index contributed by atoms with van der Waals surface area (Å²) < 4.78 is 15.5. The van der Waals surface area contributed by atoms with Gasteiger partial charge in [-0.05, 0) is 48.7 Å². The Morgan fingerprint density at radius 2 is 1.90 bits per heavy atom. The van der Waals surface area contributed by atoms with Crippen LogP contribution in [0.5, 0.6) is 0 Å². The number of carboxylic acid groups (broad SMARTS) is 1. The molecule has 0 atom stereocenters. The van der Waals surface area contributed by atoms with Crippen molar-refractivity contribution < 1.29 is 19.1 Å². The van der Waals surface area contributed by atoms with E-state index >= 15 is 0 Å². The number of benzene rings is 2. The number of aryl methyl sites for hydroxylation is 1. The Morgan fingerprint density at radius 3 is 2.47 bits per heavy atom. The molecule has 1 heterocycles. The number of carbonyl (C=O) groups excluding carboxylic acids is 1. The first kappa shape index (κ1) is 22.0. The van der Waals surface area contributed by atoms with Crippen LogP contribution in [0.3, 0.4) is 0 Å². The third kappa shape index (κ3) is 3.99. The number of ketones is 1. The van der Waals surface area contributed by atoms with Crippen LogP contribution in [0.4, 0.5) is 4.39 Å². The zero-order valence-electron chi connectivity index (χ0n) is 17.6. The van der Waals surface area contributed by atoms with E-state index in [2.05, 4.69) is 0 Å². The minimum Gasteiger partial charge on any atom is -0.478 e. The summed E-state index contributed by atoms with van der Waals surface area (Å²) in [6.45, 7) is 7.90. The maximum atomic E-state index is 13.5. The summed E-state index contributed by atoms with van der Waals surface area (Å²) in [7, 11) is 0.